The van der Waals surface area contributed by atoms with Gasteiger partial charge in [-0.25, -0.2) is 0 Å². The average molecular weight is 345 g/mol. The van der Waals surface area contributed by atoms with Crippen LogP contribution >= 0.6 is 0 Å². The minimum absolute atomic E-state index is 0.715. The van der Waals surface area contributed by atoms with E-state index in [0.717, 1.165) is 43.9 Å². The van der Waals surface area contributed by atoms with Crippen LogP contribution < -0.4 is 15.4 Å². The van der Waals surface area contributed by atoms with Crippen LogP contribution in [0.3, 0.4) is 0 Å². The molecule has 1 heterocycles. The number of nitrogens with one attached hydrogen (secondary N) is 2. The Balaban J connectivity index is 1.44. The van der Waals surface area contributed by atoms with Crippen molar-refractivity contribution in [2.75, 3.05) is 39.8 Å². The van der Waals surface area contributed by atoms with Gasteiger partial charge in [-0.15, -0.1) is 0 Å². The van der Waals surface area contributed by atoms with E-state index < -0.39 is 0 Å². The number of para-hydroxylation sites is 1. The van der Waals surface area contributed by atoms with E-state index in [9.17, 15) is 0 Å². The smallest absolute Gasteiger partial charge is 0.191 e. The molecule has 2 aliphatic rings. The Morgan fingerprint density at radius 3 is 2.76 bits per heavy atom. The van der Waals surface area contributed by atoms with Gasteiger partial charge in [-0.3, -0.25) is 4.99 Å². The van der Waals surface area contributed by atoms with Crippen molar-refractivity contribution in [2.24, 2.45) is 16.8 Å². The molecule has 25 heavy (non-hydrogen) atoms. The molecule has 1 aromatic rings. The summed E-state index contributed by atoms with van der Waals surface area (Å²) in [5.74, 6) is 3.34. The van der Waals surface area contributed by atoms with Gasteiger partial charge in [0.1, 0.15) is 5.75 Å². The highest BCUT2D eigenvalue weighted by atomic mass is 16.5. The highest BCUT2D eigenvalue weighted by Gasteiger charge is 2.22. The number of benzene rings is 1. The van der Waals surface area contributed by atoms with Crippen LogP contribution in [-0.4, -0.2) is 50.7 Å². The maximum atomic E-state index is 5.99. The highest BCUT2D eigenvalue weighted by molar-refractivity contribution is 5.79. The summed E-state index contributed by atoms with van der Waals surface area (Å²) in [5, 5.41) is 6.90. The molecule has 0 bridgehead atoms. The second-order valence-corrected chi connectivity index (χ2v) is 7.22. The van der Waals surface area contributed by atoms with Gasteiger partial charge in [0.15, 0.2) is 5.96 Å². The molecule has 0 radical (unpaired) electrons. The van der Waals surface area contributed by atoms with Crippen LogP contribution in [0.25, 0.3) is 0 Å². The number of ether oxygens (including phenoxy) is 1. The largest absolute Gasteiger partial charge is 0.493 e. The molecule has 1 unspecified atom stereocenters. The van der Waals surface area contributed by atoms with Crippen molar-refractivity contribution >= 4 is 5.96 Å². The summed E-state index contributed by atoms with van der Waals surface area (Å²) in [5.41, 5.74) is 1.18. The lowest BCUT2D eigenvalue weighted by molar-refractivity contribution is 0.296. The fourth-order valence-corrected chi connectivity index (χ4v) is 3.29. The van der Waals surface area contributed by atoms with Crippen molar-refractivity contribution in [1.29, 1.82) is 0 Å². The van der Waals surface area contributed by atoms with Crippen LogP contribution in [0, 0.1) is 11.8 Å². The first-order chi connectivity index (χ1) is 12.3. The summed E-state index contributed by atoms with van der Waals surface area (Å²) in [7, 11) is 1.83. The quantitative estimate of drug-likeness (QED) is 0.562. The van der Waals surface area contributed by atoms with E-state index in [4.69, 9.17) is 4.74 Å². The Kier molecular flexibility index (Phi) is 6.56. The fraction of sp³-hybridized carbons (Fsp3) is 0.650. The number of guanidine groups is 1. The molecule has 1 atom stereocenters. The molecule has 0 spiro atoms. The van der Waals surface area contributed by atoms with E-state index in [-0.39, 0.29) is 0 Å². The third kappa shape index (κ3) is 5.63. The maximum absolute atomic E-state index is 5.99. The molecule has 1 saturated heterocycles. The van der Waals surface area contributed by atoms with Crippen LogP contribution in [0.4, 0.5) is 0 Å². The summed E-state index contributed by atoms with van der Waals surface area (Å²) in [4.78, 5) is 6.87. The summed E-state index contributed by atoms with van der Waals surface area (Å²) >= 11 is 0. The number of rotatable bonds is 8. The normalized spacial score (nSPS) is 21.4. The van der Waals surface area contributed by atoms with E-state index in [1.807, 2.05) is 13.1 Å². The molecule has 1 aliphatic heterocycles. The zero-order chi connectivity index (χ0) is 17.5. The zero-order valence-electron chi connectivity index (χ0n) is 15.6. The van der Waals surface area contributed by atoms with Gasteiger partial charge in [0, 0.05) is 32.2 Å². The van der Waals surface area contributed by atoms with Gasteiger partial charge in [-0.2, -0.15) is 0 Å². The van der Waals surface area contributed by atoms with E-state index in [1.54, 1.807) is 0 Å². The summed E-state index contributed by atoms with van der Waals surface area (Å²) in [6.45, 7) is 8.36. The lowest BCUT2D eigenvalue weighted by Gasteiger charge is -2.17. The first-order valence-corrected chi connectivity index (χ1v) is 9.66. The molecular weight excluding hydrogens is 312 g/mol. The third-order valence-corrected chi connectivity index (χ3v) is 5.19. The molecule has 1 aromatic carbocycles. The molecule has 5 heteroatoms. The SMILES string of the molecule is CCN1CCC(CNC(=NC)NCc2ccccc2OCC2CC2)C1. The Bertz CT molecular complexity index is 571. The summed E-state index contributed by atoms with van der Waals surface area (Å²) in [6, 6.07) is 8.29. The summed E-state index contributed by atoms with van der Waals surface area (Å²) < 4.78 is 5.99. The number of nitrogens with zero attached hydrogens (tertiary/aromatic N) is 2. The summed E-state index contributed by atoms with van der Waals surface area (Å²) in [6.07, 6.45) is 3.90. The van der Waals surface area contributed by atoms with Crippen molar-refractivity contribution in [3.05, 3.63) is 29.8 Å². The maximum Gasteiger partial charge on any atom is 0.191 e. The lowest BCUT2D eigenvalue weighted by Crippen LogP contribution is -2.40. The first kappa shape index (κ1) is 18.1. The molecule has 1 saturated carbocycles. The van der Waals surface area contributed by atoms with E-state index in [2.05, 4.69) is 45.6 Å². The third-order valence-electron chi connectivity index (χ3n) is 5.19. The molecular formula is C20H32N4O. The van der Waals surface area contributed by atoms with Gasteiger partial charge in [0.25, 0.3) is 0 Å². The fourth-order valence-electron chi connectivity index (χ4n) is 3.29. The van der Waals surface area contributed by atoms with Crippen molar-refractivity contribution in [1.82, 2.24) is 15.5 Å². The van der Waals surface area contributed by atoms with E-state index in [0.29, 0.717) is 5.92 Å². The zero-order valence-corrected chi connectivity index (χ0v) is 15.6. The van der Waals surface area contributed by atoms with Gasteiger partial charge in [-0.05, 0) is 50.3 Å². The predicted octanol–water partition coefficient (Wildman–Crippen LogP) is 2.48. The Hall–Kier alpha value is -1.75. The van der Waals surface area contributed by atoms with E-state index >= 15 is 0 Å². The molecule has 5 nitrogen and oxygen atoms in total. The van der Waals surface area contributed by atoms with Gasteiger partial charge >= 0.3 is 0 Å². The molecule has 0 amide bonds. The standard InChI is InChI=1S/C20H32N4O/c1-3-24-11-10-17(14-24)12-22-20(21-2)23-13-18-6-4-5-7-19(18)25-15-16-8-9-16/h4-7,16-17H,3,8-15H2,1-2H3,(H2,21,22,23). The monoisotopic (exact) mass is 344 g/mol. The second kappa shape index (κ2) is 9.09. The Morgan fingerprint density at radius 2 is 2.04 bits per heavy atom. The molecule has 3 rings (SSSR count). The molecule has 2 fully saturated rings. The lowest BCUT2D eigenvalue weighted by atomic mass is 10.1. The van der Waals surface area contributed by atoms with Crippen molar-refractivity contribution in [3.8, 4) is 5.75 Å². The highest BCUT2D eigenvalue weighted by Crippen LogP contribution is 2.30. The average Bonchev–Trinajstić information content (AvgIpc) is 3.37. The minimum atomic E-state index is 0.715. The molecule has 0 aromatic heterocycles. The van der Waals surface area contributed by atoms with Crippen LogP contribution in [0.15, 0.2) is 29.3 Å². The number of aliphatic imine (C=N–C) groups is 1. The van der Waals surface area contributed by atoms with Gasteiger partial charge in [-0.1, -0.05) is 25.1 Å². The van der Waals surface area contributed by atoms with Crippen molar-refractivity contribution in [2.45, 2.75) is 32.7 Å². The second-order valence-electron chi connectivity index (χ2n) is 7.22. The van der Waals surface area contributed by atoms with E-state index in [1.165, 1.54) is 37.9 Å². The molecule has 1 aliphatic carbocycles. The topological polar surface area (TPSA) is 48.9 Å². The number of likely N-dealkylation sites (tertiary alicyclic amines) is 1. The minimum Gasteiger partial charge on any atom is -0.493 e. The van der Waals surface area contributed by atoms with Crippen LogP contribution in [-0.2, 0) is 6.54 Å². The Labute approximate surface area is 151 Å². The van der Waals surface area contributed by atoms with Crippen molar-refractivity contribution < 1.29 is 4.74 Å². The molecule has 2 N–H and O–H groups in total. The Morgan fingerprint density at radius 1 is 1.20 bits per heavy atom. The first-order valence-electron chi connectivity index (χ1n) is 9.66. The number of hydrogen-bond donors (Lipinski definition) is 2. The van der Waals surface area contributed by atoms with Crippen molar-refractivity contribution in [3.63, 3.8) is 0 Å². The van der Waals surface area contributed by atoms with Gasteiger partial charge in [0.2, 0.25) is 0 Å². The predicted molar refractivity (Wildman–Crippen MR) is 103 cm³/mol. The van der Waals surface area contributed by atoms with Crippen LogP contribution in [0.5, 0.6) is 5.75 Å². The van der Waals surface area contributed by atoms with Crippen LogP contribution in [0.2, 0.25) is 0 Å². The van der Waals surface area contributed by atoms with Gasteiger partial charge < -0.3 is 20.3 Å². The molecule has 138 valence electrons. The van der Waals surface area contributed by atoms with Crippen LogP contribution in [0.1, 0.15) is 31.7 Å². The van der Waals surface area contributed by atoms with Gasteiger partial charge in [0.05, 0.1) is 6.61 Å². The number of hydrogen-bond acceptors (Lipinski definition) is 3.